The Labute approximate surface area is 141 Å². The molecule has 5 nitrogen and oxygen atoms in total. The molecule has 2 heterocycles. The number of fused-ring (bicyclic) bond motifs is 5. The zero-order chi connectivity index (χ0) is 13.8. The van der Waals surface area contributed by atoms with E-state index in [1.165, 1.54) is 6.42 Å². The molecule has 0 aromatic heterocycles. The molecule has 0 spiro atoms. The molecule has 1 unspecified atom stereocenters. The fraction of sp³-hybridized carbons (Fsp3) is 0.857. The van der Waals surface area contributed by atoms with Crippen LogP contribution >= 0.6 is 0 Å². The van der Waals surface area contributed by atoms with Crippen molar-refractivity contribution in [1.29, 1.82) is 0 Å². The van der Waals surface area contributed by atoms with Crippen LogP contribution in [0.3, 0.4) is 0 Å². The Bertz CT molecular complexity index is 429. The van der Waals surface area contributed by atoms with Crippen LogP contribution in [0.1, 0.15) is 39.5 Å². The van der Waals surface area contributed by atoms with E-state index in [0.717, 1.165) is 12.3 Å². The number of carboxylic acids is 1. The van der Waals surface area contributed by atoms with Gasteiger partial charge in [0.2, 0.25) is 5.91 Å². The van der Waals surface area contributed by atoms with Crippen LogP contribution in [-0.2, 0) is 14.3 Å². The van der Waals surface area contributed by atoms with Crippen molar-refractivity contribution in [2.45, 2.75) is 57.8 Å². The van der Waals surface area contributed by atoms with Gasteiger partial charge >= 0.3 is 29.6 Å². The molecule has 6 atom stereocenters. The maximum Gasteiger partial charge on any atom is 1.00 e. The molecule has 2 bridgehead atoms. The number of carbonyl (C=O) groups is 2. The van der Waals surface area contributed by atoms with Gasteiger partial charge in [0.15, 0.2) is 0 Å². The molecule has 6 heteroatoms. The molecule has 1 saturated carbocycles. The van der Waals surface area contributed by atoms with E-state index in [-0.39, 0.29) is 54.0 Å². The maximum atomic E-state index is 12.3. The van der Waals surface area contributed by atoms with Crippen LogP contribution in [0, 0.1) is 17.3 Å². The molecule has 106 valence electrons. The maximum absolute atomic E-state index is 12.3. The summed E-state index contributed by atoms with van der Waals surface area (Å²) in [4.78, 5) is 23.1. The van der Waals surface area contributed by atoms with Crippen LogP contribution < -0.4 is 40.0 Å². The number of carbonyl (C=O) groups excluding carboxylic acids is 2. The van der Waals surface area contributed by atoms with Crippen molar-refractivity contribution < 1.29 is 49.0 Å². The SMILES string of the molecule is CCC(C)(CC(=O)[O-])C(=O)N[C@@H]1C[C@@H]2O[C@H]1[C@H]1C[C@H]12.[Na+]. The number of aliphatic carboxylic acids is 1. The summed E-state index contributed by atoms with van der Waals surface area (Å²) in [6.45, 7) is 3.52. The van der Waals surface area contributed by atoms with Gasteiger partial charge in [-0.05, 0) is 31.1 Å². The van der Waals surface area contributed by atoms with E-state index in [9.17, 15) is 14.7 Å². The van der Waals surface area contributed by atoms with Gasteiger partial charge in [0.1, 0.15) is 0 Å². The van der Waals surface area contributed by atoms with Crippen LogP contribution in [-0.4, -0.2) is 30.1 Å². The Morgan fingerprint density at radius 3 is 2.55 bits per heavy atom. The molecule has 3 fully saturated rings. The molecule has 2 aliphatic heterocycles. The quantitative estimate of drug-likeness (QED) is 0.542. The summed E-state index contributed by atoms with van der Waals surface area (Å²) < 4.78 is 5.83. The largest absolute Gasteiger partial charge is 1.00 e. The molecule has 1 aliphatic carbocycles. The molecular weight excluding hydrogens is 269 g/mol. The summed E-state index contributed by atoms with van der Waals surface area (Å²) in [6.07, 6.45) is 2.83. The summed E-state index contributed by atoms with van der Waals surface area (Å²) in [5, 5.41) is 13.8. The number of amides is 1. The van der Waals surface area contributed by atoms with Crippen molar-refractivity contribution in [2.24, 2.45) is 17.3 Å². The first-order valence-electron chi connectivity index (χ1n) is 7.11. The Morgan fingerprint density at radius 2 is 2.05 bits per heavy atom. The first-order chi connectivity index (χ1) is 8.94. The third-order valence-electron chi connectivity index (χ3n) is 5.18. The molecule has 20 heavy (non-hydrogen) atoms. The molecule has 0 aromatic carbocycles. The van der Waals surface area contributed by atoms with E-state index in [2.05, 4.69) is 5.32 Å². The van der Waals surface area contributed by atoms with Crippen LogP contribution in [0.25, 0.3) is 0 Å². The van der Waals surface area contributed by atoms with Gasteiger partial charge in [-0.15, -0.1) is 0 Å². The molecule has 3 aliphatic rings. The molecule has 2 saturated heterocycles. The minimum Gasteiger partial charge on any atom is -0.550 e. The summed E-state index contributed by atoms with van der Waals surface area (Å²) in [5.41, 5.74) is -0.885. The predicted molar refractivity (Wildman–Crippen MR) is 64.8 cm³/mol. The molecular formula is C14H20NNaO4. The number of hydrogen-bond acceptors (Lipinski definition) is 4. The summed E-state index contributed by atoms with van der Waals surface area (Å²) in [6, 6.07) is 0.0638. The number of hydrogen-bond donors (Lipinski definition) is 1. The molecule has 0 aromatic rings. The average Bonchev–Trinajstić information content (AvgIpc) is 2.96. The Hall–Kier alpha value is -0.100. The van der Waals surface area contributed by atoms with Crippen molar-refractivity contribution in [3.63, 3.8) is 0 Å². The van der Waals surface area contributed by atoms with Crippen molar-refractivity contribution in [2.75, 3.05) is 0 Å². The van der Waals surface area contributed by atoms with E-state index in [4.69, 9.17) is 4.74 Å². The first-order valence-corrected chi connectivity index (χ1v) is 7.11. The number of nitrogens with one attached hydrogen (secondary N) is 1. The van der Waals surface area contributed by atoms with Gasteiger partial charge in [0.25, 0.3) is 0 Å². The van der Waals surface area contributed by atoms with Crippen molar-refractivity contribution >= 4 is 11.9 Å². The predicted octanol–water partition coefficient (Wildman–Crippen LogP) is -3.16. The molecule has 0 radical (unpaired) electrons. The van der Waals surface area contributed by atoms with Crippen LogP contribution in [0.2, 0.25) is 0 Å². The van der Waals surface area contributed by atoms with Gasteiger partial charge in [0, 0.05) is 12.4 Å². The number of ether oxygens (including phenoxy) is 1. The van der Waals surface area contributed by atoms with Crippen LogP contribution in [0.4, 0.5) is 0 Å². The fourth-order valence-corrected chi connectivity index (χ4v) is 3.62. The van der Waals surface area contributed by atoms with Gasteiger partial charge in [-0.25, -0.2) is 0 Å². The smallest absolute Gasteiger partial charge is 0.550 e. The third kappa shape index (κ3) is 2.65. The Balaban J connectivity index is 0.00000147. The summed E-state index contributed by atoms with van der Waals surface area (Å²) >= 11 is 0. The monoisotopic (exact) mass is 289 g/mol. The van der Waals surface area contributed by atoms with E-state index in [1.807, 2.05) is 6.92 Å². The standard InChI is InChI=1S/C14H21NO4.Na/c1-3-14(2,6-11(16)17)13(18)15-9-5-10-7-4-8(7)12(9)19-10;/h7-10,12H,3-6H2,1-2H3,(H,15,18)(H,16,17);/q;+1/p-1/t7-,8+,9-,10+,12+,14?;/m1./s1. The summed E-state index contributed by atoms with van der Waals surface area (Å²) in [5.74, 6) is -0.0134. The van der Waals surface area contributed by atoms with Gasteiger partial charge in [-0.3, -0.25) is 4.79 Å². The number of carboxylic acid groups (broad SMARTS) is 1. The van der Waals surface area contributed by atoms with Gasteiger partial charge < -0.3 is 20.0 Å². The minimum atomic E-state index is -1.18. The first kappa shape index (κ1) is 16.3. The second-order valence-corrected chi connectivity index (χ2v) is 6.48. The van der Waals surface area contributed by atoms with E-state index in [1.54, 1.807) is 6.92 Å². The van der Waals surface area contributed by atoms with E-state index < -0.39 is 11.4 Å². The Morgan fingerprint density at radius 1 is 1.35 bits per heavy atom. The second-order valence-electron chi connectivity index (χ2n) is 6.48. The van der Waals surface area contributed by atoms with Crippen LogP contribution in [0.5, 0.6) is 0 Å². The van der Waals surface area contributed by atoms with Gasteiger partial charge in [0.05, 0.1) is 23.7 Å². The van der Waals surface area contributed by atoms with Crippen molar-refractivity contribution in [1.82, 2.24) is 5.32 Å². The third-order valence-corrected chi connectivity index (χ3v) is 5.18. The fourth-order valence-electron chi connectivity index (χ4n) is 3.62. The minimum absolute atomic E-state index is 0. The molecule has 1 N–H and O–H groups in total. The zero-order valence-corrected chi connectivity index (χ0v) is 14.3. The van der Waals surface area contributed by atoms with Crippen molar-refractivity contribution in [3.05, 3.63) is 0 Å². The van der Waals surface area contributed by atoms with E-state index in [0.29, 0.717) is 18.4 Å². The molecule has 3 rings (SSSR count). The number of rotatable bonds is 5. The van der Waals surface area contributed by atoms with Crippen molar-refractivity contribution in [3.8, 4) is 0 Å². The van der Waals surface area contributed by atoms with Gasteiger partial charge in [-0.2, -0.15) is 0 Å². The summed E-state index contributed by atoms with van der Waals surface area (Å²) in [7, 11) is 0. The topological polar surface area (TPSA) is 78.5 Å². The zero-order valence-electron chi connectivity index (χ0n) is 12.3. The van der Waals surface area contributed by atoms with E-state index >= 15 is 0 Å². The molecule has 1 amide bonds. The van der Waals surface area contributed by atoms with Crippen LogP contribution in [0.15, 0.2) is 0 Å². The average molecular weight is 289 g/mol. The second kappa shape index (κ2) is 5.59. The normalized spacial score (nSPS) is 39.4. The van der Waals surface area contributed by atoms with Gasteiger partial charge in [-0.1, -0.05) is 13.8 Å². The Kier molecular flexibility index (Phi) is 4.55.